The Hall–Kier alpha value is -2.15. The largest absolute Gasteiger partial charge is 0.490 e. The zero-order valence-electron chi connectivity index (χ0n) is 11.8. The van der Waals surface area contributed by atoms with E-state index in [0.717, 1.165) is 14.9 Å². The second-order valence-electron chi connectivity index (χ2n) is 4.35. The molecule has 0 saturated heterocycles. The number of carbonyl (C=O) groups excluding carboxylic acids is 1. The summed E-state index contributed by atoms with van der Waals surface area (Å²) in [6.45, 7) is 4.07. The van der Waals surface area contributed by atoms with E-state index in [1.807, 2.05) is 42.5 Å². The monoisotopic (exact) mass is 406 g/mol. The van der Waals surface area contributed by atoms with Crippen LogP contribution in [0.5, 0.6) is 5.75 Å². The number of hydrogen-bond acceptors (Lipinski definition) is 3. The molecule has 112 valence electrons. The van der Waals surface area contributed by atoms with E-state index in [2.05, 4.69) is 39.7 Å². The molecular weight excluding hydrogens is 391 g/mol. The van der Waals surface area contributed by atoms with Crippen LogP contribution in [0.1, 0.15) is 15.9 Å². The summed E-state index contributed by atoms with van der Waals surface area (Å²) >= 11 is 2.12. The first-order chi connectivity index (χ1) is 10.7. The van der Waals surface area contributed by atoms with Gasteiger partial charge in [0.2, 0.25) is 0 Å². The Bertz CT molecular complexity index is 681. The van der Waals surface area contributed by atoms with E-state index in [9.17, 15) is 4.79 Å². The van der Waals surface area contributed by atoms with Crippen LogP contribution in [0.4, 0.5) is 0 Å². The minimum absolute atomic E-state index is 0.229. The van der Waals surface area contributed by atoms with E-state index in [1.54, 1.807) is 18.4 Å². The average Bonchev–Trinajstić information content (AvgIpc) is 2.54. The highest BCUT2D eigenvalue weighted by atomic mass is 127. The van der Waals surface area contributed by atoms with Gasteiger partial charge in [0, 0.05) is 3.57 Å². The number of ether oxygens (including phenoxy) is 1. The molecule has 0 aromatic heterocycles. The predicted octanol–water partition coefficient (Wildman–Crippen LogP) is 3.62. The highest BCUT2D eigenvalue weighted by molar-refractivity contribution is 14.1. The Balaban J connectivity index is 1.93. The summed E-state index contributed by atoms with van der Waals surface area (Å²) in [7, 11) is 0. The Labute approximate surface area is 143 Å². The topological polar surface area (TPSA) is 50.7 Å². The molecule has 0 radical (unpaired) electrons. The van der Waals surface area contributed by atoms with Crippen LogP contribution in [0.3, 0.4) is 0 Å². The molecule has 1 amide bonds. The van der Waals surface area contributed by atoms with Crippen LogP contribution in [-0.2, 0) is 0 Å². The molecule has 0 heterocycles. The van der Waals surface area contributed by atoms with Gasteiger partial charge in [-0.2, -0.15) is 5.10 Å². The lowest BCUT2D eigenvalue weighted by Gasteiger charge is -2.03. The van der Waals surface area contributed by atoms with Crippen molar-refractivity contribution in [2.24, 2.45) is 5.10 Å². The van der Waals surface area contributed by atoms with Crippen LogP contribution in [0.25, 0.3) is 0 Å². The summed E-state index contributed by atoms with van der Waals surface area (Å²) in [5.74, 6) is 0.534. The van der Waals surface area contributed by atoms with Crippen molar-refractivity contribution in [3.63, 3.8) is 0 Å². The third-order valence-corrected chi connectivity index (χ3v) is 3.69. The van der Waals surface area contributed by atoms with E-state index in [4.69, 9.17) is 4.74 Å². The number of nitrogens with zero attached hydrogens (tertiary/aromatic N) is 1. The number of hydrazone groups is 1. The van der Waals surface area contributed by atoms with E-state index < -0.39 is 0 Å². The highest BCUT2D eigenvalue weighted by Gasteiger charge is 2.07. The average molecular weight is 406 g/mol. The number of rotatable bonds is 6. The molecule has 0 aliphatic carbocycles. The third kappa shape index (κ3) is 4.70. The summed E-state index contributed by atoms with van der Waals surface area (Å²) < 4.78 is 6.28. The molecule has 0 saturated carbocycles. The van der Waals surface area contributed by atoms with Gasteiger partial charge in [0.1, 0.15) is 12.4 Å². The Morgan fingerprint density at radius 2 is 1.95 bits per heavy atom. The number of amides is 1. The molecule has 0 spiro atoms. The normalized spacial score (nSPS) is 10.4. The van der Waals surface area contributed by atoms with E-state index >= 15 is 0 Å². The van der Waals surface area contributed by atoms with Crippen LogP contribution < -0.4 is 10.2 Å². The molecule has 0 aliphatic heterocycles. The predicted molar refractivity (Wildman–Crippen MR) is 96.4 cm³/mol. The van der Waals surface area contributed by atoms with Crippen LogP contribution in [0, 0.1) is 3.57 Å². The van der Waals surface area contributed by atoms with Crippen molar-refractivity contribution < 1.29 is 9.53 Å². The lowest BCUT2D eigenvalue weighted by molar-refractivity contribution is 0.0954. The first kappa shape index (κ1) is 16.2. The van der Waals surface area contributed by atoms with Crippen LogP contribution in [-0.4, -0.2) is 18.7 Å². The minimum Gasteiger partial charge on any atom is -0.490 e. The Morgan fingerprint density at radius 3 is 2.64 bits per heavy atom. The summed E-state index contributed by atoms with van der Waals surface area (Å²) in [5.41, 5.74) is 3.99. The maximum atomic E-state index is 12.0. The minimum atomic E-state index is -0.229. The summed E-state index contributed by atoms with van der Waals surface area (Å²) in [6, 6.07) is 14.8. The Kier molecular flexibility index (Phi) is 6.14. The standard InChI is InChI=1S/C17H15IN2O2/c1-2-11-22-14-9-7-13(8-10-14)12-19-20-17(21)15-5-3-4-6-16(15)18/h2-10,12H,1,11H2,(H,20,21)/b19-12+. The molecule has 0 aliphatic rings. The third-order valence-electron chi connectivity index (χ3n) is 2.75. The van der Waals surface area contributed by atoms with Gasteiger partial charge < -0.3 is 4.74 Å². The van der Waals surface area contributed by atoms with E-state index in [0.29, 0.717) is 12.2 Å². The van der Waals surface area contributed by atoms with Gasteiger partial charge in [0.15, 0.2) is 0 Å². The smallest absolute Gasteiger partial charge is 0.272 e. The van der Waals surface area contributed by atoms with Crippen molar-refractivity contribution in [3.05, 3.63) is 75.9 Å². The summed E-state index contributed by atoms with van der Waals surface area (Å²) in [5, 5.41) is 3.97. The van der Waals surface area contributed by atoms with Gasteiger partial charge in [0.25, 0.3) is 5.91 Å². The highest BCUT2D eigenvalue weighted by Crippen LogP contribution is 2.12. The van der Waals surface area contributed by atoms with Gasteiger partial charge in [-0.1, -0.05) is 24.8 Å². The fourth-order valence-electron chi connectivity index (χ4n) is 1.68. The fraction of sp³-hybridized carbons (Fsp3) is 0.0588. The number of benzene rings is 2. The SMILES string of the molecule is C=CCOc1ccc(/C=N/NC(=O)c2ccccc2I)cc1. The van der Waals surface area contributed by atoms with Gasteiger partial charge in [-0.25, -0.2) is 5.43 Å². The molecule has 2 aromatic rings. The van der Waals surface area contributed by atoms with Crippen LogP contribution in [0.15, 0.2) is 66.3 Å². The van der Waals surface area contributed by atoms with Crippen molar-refractivity contribution in [1.29, 1.82) is 0 Å². The molecule has 2 rings (SSSR count). The molecule has 0 bridgehead atoms. The first-order valence-electron chi connectivity index (χ1n) is 6.62. The number of hydrogen-bond donors (Lipinski definition) is 1. The number of halogens is 1. The number of carbonyl (C=O) groups is 1. The van der Waals surface area contributed by atoms with Crippen molar-refractivity contribution in [1.82, 2.24) is 5.43 Å². The van der Waals surface area contributed by atoms with Gasteiger partial charge in [-0.3, -0.25) is 4.79 Å². The van der Waals surface area contributed by atoms with Gasteiger partial charge in [-0.05, 0) is 64.6 Å². The zero-order valence-corrected chi connectivity index (χ0v) is 14.0. The molecule has 0 atom stereocenters. The molecule has 1 N–H and O–H groups in total. The van der Waals surface area contributed by atoms with Crippen molar-refractivity contribution >= 4 is 34.7 Å². The fourth-order valence-corrected chi connectivity index (χ4v) is 2.31. The molecular formula is C17H15IN2O2. The van der Waals surface area contributed by atoms with Crippen LogP contribution in [0.2, 0.25) is 0 Å². The first-order valence-corrected chi connectivity index (χ1v) is 7.70. The molecule has 0 fully saturated rings. The molecule has 0 unspecified atom stereocenters. The molecule has 4 nitrogen and oxygen atoms in total. The Morgan fingerprint density at radius 1 is 1.23 bits per heavy atom. The quantitative estimate of drug-likeness (QED) is 0.345. The lowest BCUT2D eigenvalue weighted by Crippen LogP contribution is -2.18. The van der Waals surface area contributed by atoms with Gasteiger partial charge in [0.05, 0.1) is 11.8 Å². The van der Waals surface area contributed by atoms with Crippen LogP contribution >= 0.6 is 22.6 Å². The van der Waals surface area contributed by atoms with E-state index in [-0.39, 0.29) is 5.91 Å². The maximum absolute atomic E-state index is 12.0. The summed E-state index contributed by atoms with van der Waals surface area (Å²) in [4.78, 5) is 12.0. The van der Waals surface area contributed by atoms with Crippen molar-refractivity contribution in [2.45, 2.75) is 0 Å². The molecule has 5 heteroatoms. The van der Waals surface area contributed by atoms with Crippen molar-refractivity contribution in [2.75, 3.05) is 6.61 Å². The van der Waals surface area contributed by atoms with Gasteiger partial charge in [-0.15, -0.1) is 0 Å². The molecule has 2 aromatic carbocycles. The maximum Gasteiger partial charge on any atom is 0.272 e. The zero-order chi connectivity index (χ0) is 15.8. The molecule has 22 heavy (non-hydrogen) atoms. The van der Waals surface area contributed by atoms with Gasteiger partial charge >= 0.3 is 0 Å². The van der Waals surface area contributed by atoms with Crippen molar-refractivity contribution in [3.8, 4) is 5.75 Å². The van der Waals surface area contributed by atoms with E-state index in [1.165, 1.54) is 0 Å². The second kappa shape index (κ2) is 8.33. The lowest BCUT2D eigenvalue weighted by atomic mass is 10.2. The summed E-state index contributed by atoms with van der Waals surface area (Å²) in [6.07, 6.45) is 3.28. The second-order valence-corrected chi connectivity index (χ2v) is 5.51. The number of nitrogens with one attached hydrogen (secondary N) is 1.